The Morgan fingerprint density at radius 1 is 1.21 bits per heavy atom. The quantitative estimate of drug-likeness (QED) is 0.621. The van der Waals surface area contributed by atoms with E-state index in [0.717, 1.165) is 17.7 Å². The average Bonchev–Trinajstić information content (AvgIpc) is 3.02. The van der Waals surface area contributed by atoms with E-state index in [1.54, 1.807) is 24.3 Å². The second-order valence-corrected chi connectivity index (χ2v) is 6.71. The lowest BCUT2D eigenvalue weighted by Gasteiger charge is -2.32. The lowest BCUT2D eigenvalue weighted by Crippen LogP contribution is -2.57. The molecule has 152 valence electrons. The van der Waals surface area contributed by atoms with Crippen molar-refractivity contribution in [2.75, 3.05) is 0 Å². The third-order valence-electron chi connectivity index (χ3n) is 4.56. The average molecular weight is 407 g/mol. The van der Waals surface area contributed by atoms with Crippen molar-refractivity contribution < 1.29 is 28.0 Å². The molecule has 1 amide bonds. The molecule has 3 rings (SSSR count). The maximum absolute atomic E-state index is 13.6. The molecule has 2 aromatic carbocycles. The number of benzene rings is 2. The van der Waals surface area contributed by atoms with Gasteiger partial charge in [-0.15, -0.1) is 0 Å². The van der Waals surface area contributed by atoms with Crippen molar-refractivity contribution in [2.45, 2.75) is 31.7 Å². The summed E-state index contributed by atoms with van der Waals surface area (Å²) in [4.78, 5) is 22.6. The molecule has 1 heterocycles. The van der Waals surface area contributed by atoms with Gasteiger partial charge in [-0.05, 0) is 18.1 Å². The van der Waals surface area contributed by atoms with Gasteiger partial charge in [0, 0.05) is 12.1 Å². The van der Waals surface area contributed by atoms with Crippen LogP contribution in [-0.2, 0) is 11.2 Å². The minimum atomic E-state index is -5.13. The highest BCUT2D eigenvalue weighted by atomic mass is 19.4. The first-order valence-corrected chi connectivity index (χ1v) is 8.51. The first kappa shape index (κ1) is 20.5. The van der Waals surface area contributed by atoms with Crippen LogP contribution in [0, 0.1) is 17.0 Å². The number of carbonyl (C=O) groups is 1. The Hall–Kier alpha value is -3.27. The zero-order chi connectivity index (χ0) is 21.4. The molecule has 0 fully saturated rings. The Balaban J connectivity index is 1.90. The van der Waals surface area contributed by atoms with Crippen molar-refractivity contribution in [3.63, 3.8) is 0 Å². The van der Waals surface area contributed by atoms with Crippen LogP contribution in [0.25, 0.3) is 0 Å². The number of hydrazone groups is 1. The Bertz CT molecular complexity index is 972. The molecule has 0 bridgehead atoms. The number of aryl methyl sites for hydroxylation is 1. The molecule has 1 aliphatic heterocycles. The molecule has 1 atom stereocenters. The molecule has 10 heteroatoms. The molecule has 0 aliphatic carbocycles. The topological polar surface area (TPSA) is 96.0 Å². The molecule has 0 saturated heterocycles. The van der Waals surface area contributed by atoms with E-state index in [-0.39, 0.29) is 22.0 Å². The van der Waals surface area contributed by atoms with Crippen molar-refractivity contribution in [2.24, 2.45) is 5.10 Å². The molecule has 0 saturated carbocycles. The fourth-order valence-corrected chi connectivity index (χ4v) is 2.92. The predicted octanol–water partition coefficient (Wildman–Crippen LogP) is 3.33. The third kappa shape index (κ3) is 3.97. The Morgan fingerprint density at radius 2 is 1.79 bits per heavy atom. The lowest BCUT2D eigenvalue weighted by molar-refractivity contribution is -0.384. The molecular weight excluding hydrogens is 391 g/mol. The van der Waals surface area contributed by atoms with Crippen LogP contribution >= 0.6 is 0 Å². The number of carbonyl (C=O) groups excluding carboxylic acids is 1. The monoisotopic (exact) mass is 407 g/mol. The molecule has 7 nitrogen and oxygen atoms in total. The number of nitro groups is 1. The number of hydrogen-bond donors (Lipinski definition) is 1. The standard InChI is InChI=1S/C19H16F3N3O4/c1-12-2-6-14(7-3-12)16-11-18(27,19(20,21)22)24(23-16)17(26)10-13-4-8-15(9-5-13)25(28)29/h2-9,27H,10-11H2,1H3/t18-/m1/s1. The van der Waals surface area contributed by atoms with Crippen molar-refractivity contribution in [1.29, 1.82) is 0 Å². The van der Waals surface area contributed by atoms with E-state index < -0.39 is 35.6 Å². The fraction of sp³-hybridized carbons (Fsp3) is 0.263. The van der Waals surface area contributed by atoms with Gasteiger partial charge >= 0.3 is 6.18 Å². The minimum Gasteiger partial charge on any atom is -0.362 e. The van der Waals surface area contributed by atoms with E-state index in [1.807, 2.05) is 6.92 Å². The molecule has 1 aliphatic rings. The van der Waals surface area contributed by atoms with Gasteiger partial charge < -0.3 is 5.11 Å². The van der Waals surface area contributed by atoms with E-state index in [4.69, 9.17) is 0 Å². The van der Waals surface area contributed by atoms with Crippen molar-refractivity contribution in [3.8, 4) is 0 Å². The maximum atomic E-state index is 13.6. The summed E-state index contributed by atoms with van der Waals surface area (Å²) >= 11 is 0. The van der Waals surface area contributed by atoms with E-state index in [0.29, 0.717) is 5.56 Å². The third-order valence-corrected chi connectivity index (χ3v) is 4.56. The van der Waals surface area contributed by atoms with E-state index in [9.17, 15) is 33.2 Å². The molecule has 0 radical (unpaired) electrons. The zero-order valence-electron chi connectivity index (χ0n) is 15.2. The van der Waals surface area contributed by atoms with Crippen LogP contribution in [0.1, 0.15) is 23.1 Å². The molecule has 1 N–H and O–H groups in total. The summed E-state index contributed by atoms with van der Waals surface area (Å²) in [5.41, 5.74) is -2.24. The van der Waals surface area contributed by atoms with Crippen LogP contribution in [0.3, 0.4) is 0 Å². The van der Waals surface area contributed by atoms with Crippen LogP contribution in [0.4, 0.5) is 18.9 Å². The number of non-ortho nitro benzene ring substituents is 1. The van der Waals surface area contributed by atoms with Crippen LogP contribution < -0.4 is 0 Å². The van der Waals surface area contributed by atoms with E-state index in [1.165, 1.54) is 12.1 Å². The Morgan fingerprint density at radius 3 is 2.31 bits per heavy atom. The number of hydrogen-bond acceptors (Lipinski definition) is 5. The fourth-order valence-electron chi connectivity index (χ4n) is 2.92. The summed E-state index contributed by atoms with van der Waals surface area (Å²) < 4.78 is 40.8. The summed E-state index contributed by atoms with van der Waals surface area (Å²) in [5.74, 6) is -1.08. The van der Waals surface area contributed by atoms with Gasteiger partial charge in [0.15, 0.2) is 0 Å². The molecular formula is C19H16F3N3O4. The van der Waals surface area contributed by atoms with Gasteiger partial charge in [-0.25, -0.2) is 0 Å². The normalized spacial score (nSPS) is 19.2. The second-order valence-electron chi connectivity index (χ2n) is 6.71. The predicted molar refractivity (Wildman–Crippen MR) is 97.0 cm³/mol. The summed E-state index contributed by atoms with van der Waals surface area (Å²) in [6.07, 6.45) is -6.54. The first-order valence-electron chi connectivity index (χ1n) is 8.51. The van der Waals surface area contributed by atoms with Crippen LogP contribution in [0.2, 0.25) is 0 Å². The van der Waals surface area contributed by atoms with Gasteiger partial charge in [0.1, 0.15) is 0 Å². The Labute approximate surface area is 163 Å². The maximum Gasteiger partial charge on any atom is 0.438 e. The highest BCUT2D eigenvalue weighted by molar-refractivity contribution is 6.03. The highest BCUT2D eigenvalue weighted by Gasteiger charge is 2.63. The molecule has 29 heavy (non-hydrogen) atoms. The second kappa shape index (κ2) is 7.28. The zero-order valence-corrected chi connectivity index (χ0v) is 15.2. The van der Waals surface area contributed by atoms with E-state index in [2.05, 4.69) is 5.10 Å². The first-order chi connectivity index (χ1) is 13.5. The van der Waals surface area contributed by atoms with Gasteiger partial charge in [-0.2, -0.15) is 23.3 Å². The van der Waals surface area contributed by atoms with Crippen molar-refractivity contribution in [1.82, 2.24) is 5.01 Å². The van der Waals surface area contributed by atoms with Gasteiger partial charge in [0.05, 0.1) is 23.5 Å². The van der Waals surface area contributed by atoms with Gasteiger partial charge in [-0.3, -0.25) is 14.9 Å². The largest absolute Gasteiger partial charge is 0.438 e. The van der Waals surface area contributed by atoms with Gasteiger partial charge in [-0.1, -0.05) is 42.0 Å². The molecule has 0 aromatic heterocycles. The SMILES string of the molecule is Cc1ccc(C2=NN(C(=O)Cc3ccc([N+](=O)[O-])cc3)[C@](O)(C(F)(F)F)C2)cc1. The lowest BCUT2D eigenvalue weighted by atomic mass is 10.00. The molecule has 0 spiro atoms. The number of nitrogens with zero attached hydrogens (tertiary/aromatic N) is 3. The van der Waals surface area contributed by atoms with Crippen molar-refractivity contribution in [3.05, 3.63) is 75.3 Å². The van der Waals surface area contributed by atoms with Gasteiger partial charge in [0.2, 0.25) is 5.91 Å². The van der Waals surface area contributed by atoms with Crippen molar-refractivity contribution >= 4 is 17.3 Å². The number of halogens is 3. The number of alkyl halides is 3. The highest BCUT2D eigenvalue weighted by Crippen LogP contribution is 2.41. The Kier molecular flexibility index (Phi) is 5.14. The summed E-state index contributed by atoms with van der Waals surface area (Å²) in [6.45, 7) is 1.81. The number of amides is 1. The van der Waals surface area contributed by atoms with Crippen LogP contribution in [0.15, 0.2) is 53.6 Å². The number of rotatable bonds is 4. The number of aliphatic hydroxyl groups is 1. The van der Waals surface area contributed by atoms with E-state index >= 15 is 0 Å². The van der Waals surface area contributed by atoms with Crippen LogP contribution in [-0.4, -0.2) is 38.6 Å². The summed E-state index contributed by atoms with van der Waals surface area (Å²) in [5, 5.41) is 24.8. The smallest absolute Gasteiger partial charge is 0.362 e. The van der Waals surface area contributed by atoms with Gasteiger partial charge in [0.25, 0.3) is 11.4 Å². The summed E-state index contributed by atoms with van der Waals surface area (Å²) in [6, 6.07) is 11.3. The molecule has 2 aromatic rings. The number of nitro benzene ring substituents is 1. The summed E-state index contributed by atoms with van der Waals surface area (Å²) in [7, 11) is 0. The molecule has 0 unspecified atom stereocenters. The van der Waals surface area contributed by atoms with Crippen LogP contribution in [0.5, 0.6) is 0 Å². The minimum absolute atomic E-state index is 0.0591.